The molecule has 1 aromatic heterocycles. The lowest BCUT2D eigenvalue weighted by Crippen LogP contribution is -2.50. The van der Waals surface area contributed by atoms with E-state index in [1.165, 1.54) is 0 Å². The standard InChI is InChI=1S/C15H26N4O2/c1-5-13-17-14(16-6-2)11(4)15(18-13)19-7-12(8-20)21-9-10(19)3/h10,12,20H,5-9H2,1-4H3,(H,16,17,18). The molecule has 6 heteroatoms. The van der Waals surface area contributed by atoms with Gasteiger partial charge in [0.15, 0.2) is 0 Å². The first-order valence-electron chi connectivity index (χ1n) is 7.71. The number of rotatable bonds is 5. The van der Waals surface area contributed by atoms with Crippen LogP contribution >= 0.6 is 0 Å². The molecule has 2 heterocycles. The van der Waals surface area contributed by atoms with Gasteiger partial charge in [-0.1, -0.05) is 6.92 Å². The van der Waals surface area contributed by atoms with Crippen LogP contribution in [0, 0.1) is 6.92 Å². The molecule has 6 nitrogen and oxygen atoms in total. The summed E-state index contributed by atoms with van der Waals surface area (Å²) in [4.78, 5) is 11.5. The molecule has 2 unspecified atom stereocenters. The van der Waals surface area contributed by atoms with Gasteiger partial charge in [0, 0.05) is 25.1 Å². The number of aliphatic hydroxyl groups is 1. The van der Waals surface area contributed by atoms with Crippen molar-refractivity contribution in [3.05, 3.63) is 11.4 Å². The number of aliphatic hydroxyl groups excluding tert-OH is 1. The van der Waals surface area contributed by atoms with Crippen LogP contribution in [0.3, 0.4) is 0 Å². The van der Waals surface area contributed by atoms with Crippen LogP contribution in [0.5, 0.6) is 0 Å². The van der Waals surface area contributed by atoms with Gasteiger partial charge in [-0.25, -0.2) is 9.97 Å². The van der Waals surface area contributed by atoms with Crippen molar-refractivity contribution in [3.63, 3.8) is 0 Å². The minimum absolute atomic E-state index is 0.0358. The minimum Gasteiger partial charge on any atom is -0.394 e. The molecule has 2 N–H and O–H groups in total. The molecule has 2 atom stereocenters. The molecule has 1 aromatic rings. The molecule has 0 aliphatic carbocycles. The first kappa shape index (κ1) is 16.0. The summed E-state index contributed by atoms with van der Waals surface area (Å²) in [5, 5.41) is 12.7. The van der Waals surface area contributed by atoms with Gasteiger partial charge in [-0.3, -0.25) is 0 Å². The van der Waals surface area contributed by atoms with E-state index >= 15 is 0 Å². The van der Waals surface area contributed by atoms with Crippen molar-refractivity contribution in [3.8, 4) is 0 Å². The fraction of sp³-hybridized carbons (Fsp3) is 0.733. The van der Waals surface area contributed by atoms with E-state index in [4.69, 9.17) is 9.72 Å². The Labute approximate surface area is 126 Å². The van der Waals surface area contributed by atoms with Crippen LogP contribution in [0.1, 0.15) is 32.2 Å². The van der Waals surface area contributed by atoms with Gasteiger partial charge in [0.25, 0.3) is 0 Å². The molecule has 1 aliphatic rings. The highest BCUT2D eigenvalue weighted by Crippen LogP contribution is 2.27. The zero-order valence-electron chi connectivity index (χ0n) is 13.4. The van der Waals surface area contributed by atoms with Crippen LogP contribution in [0.4, 0.5) is 11.6 Å². The van der Waals surface area contributed by atoms with Gasteiger partial charge in [0.2, 0.25) is 0 Å². The molecule has 0 bridgehead atoms. The zero-order valence-corrected chi connectivity index (χ0v) is 13.4. The quantitative estimate of drug-likeness (QED) is 0.854. The molecule has 0 saturated carbocycles. The average molecular weight is 294 g/mol. The highest BCUT2D eigenvalue weighted by atomic mass is 16.5. The van der Waals surface area contributed by atoms with Crippen LogP contribution in [-0.2, 0) is 11.2 Å². The second kappa shape index (κ2) is 7.04. The third-order valence-electron chi connectivity index (χ3n) is 3.81. The highest BCUT2D eigenvalue weighted by molar-refractivity contribution is 5.59. The van der Waals surface area contributed by atoms with Crippen LogP contribution < -0.4 is 10.2 Å². The highest BCUT2D eigenvalue weighted by Gasteiger charge is 2.28. The molecular formula is C15H26N4O2. The Balaban J connectivity index is 2.38. The Morgan fingerprint density at radius 2 is 2.14 bits per heavy atom. The Morgan fingerprint density at radius 3 is 2.76 bits per heavy atom. The number of hydrogen-bond acceptors (Lipinski definition) is 6. The molecule has 1 aliphatic heterocycles. The van der Waals surface area contributed by atoms with Crippen molar-refractivity contribution in [2.45, 2.75) is 46.3 Å². The lowest BCUT2D eigenvalue weighted by molar-refractivity contribution is -0.0106. The molecule has 118 valence electrons. The zero-order chi connectivity index (χ0) is 15.4. The van der Waals surface area contributed by atoms with Gasteiger partial charge in [-0.05, 0) is 20.8 Å². The Morgan fingerprint density at radius 1 is 1.38 bits per heavy atom. The number of ether oxygens (including phenoxy) is 1. The number of morpholine rings is 1. The van der Waals surface area contributed by atoms with Gasteiger partial charge in [0.05, 0.1) is 25.4 Å². The smallest absolute Gasteiger partial charge is 0.137 e. The van der Waals surface area contributed by atoms with Crippen LogP contribution in [0.15, 0.2) is 0 Å². The number of anilines is 2. The van der Waals surface area contributed by atoms with Crippen LogP contribution in [0.2, 0.25) is 0 Å². The van der Waals surface area contributed by atoms with E-state index in [0.29, 0.717) is 13.2 Å². The van der Waals surface area contributed by atoms with Crippen molar-refractivity contribution < 1.29 is 9.84 Å². The lowest BCUT2D eigenvalue weighted by Gasteiger charge is -2.39. The normalized spacial score (nSPS) is 22.4. The first-order chi connectivity index (χ1) is 10.1. The topological polar surface area (TPSA) is 70.5 Å². The van der Waals surface area contributed by atoms with E-state index in [2.05, 4.69) is 36.0 Å². The predicted octanol–water partition coefficient (Wildman–Crippen LogP) is 1.37. The van der Waals surface area contributed by atoms with Gasteiger partial charge in [-0.2, -0.15) is 0 Å². The maximum atomic E-state index is 9.35. The molecule has 0 radical (unpaired) electrons. The second-order valence-electron chi connectivity index (χ2n) is 5.46. The van der Waals surface area contributed by atoms with Crippen molar-refractivity contribution >= 4 is 11.6 Å². The fourth-order valence-corrected chi connectivity index (χ4v) is 2.55. The Kier molecular flexibility index (Phi) is 5.36. The molecule has 0 amide bonds. The third kappa shape index (κ3) is 3.44. The molecule has 21 heavy (non-hydrogen) atoms. The summed E-state index contributed by atoms with van der Waals surface area (Å²) in [6.45, 7) is 10.4. The van der Waals surface area contributed by atoms with E-state index in [9.17, 15) is 5.11 Å². The second-order valence-corrected chi connectivity index (χ2v) is 5.46. The van der Waals surface area contributed by atoms with Gasteiger partial charge in [0.1, 0.15) is 17.5 Å². The Hall–Kier alpha value is -1.40. The SMILES string of the molecule is CCNc1nc(CC)nc(N2CC(CO)OCC2C)c1C. The van der Waals surface area contributed by atoms with Crippen molar-refractivity contribution in [2.24, 2.45) is 0 Å². The maximum Gasteiger partial charge on any atom is 0.137 e. The summed E-state index contributed by atoms with van der Waals surface area (Å²) in [5.74, 6) is 2.69. The number of aromatic nitrogens is 2. The predicted molar refractivity (Wildman–Crippen MR) is 83.9 cm³/mol. The van der Waals surface area contributed by atoms with E-state index in [-0.39, 0.29) is 18.8 Å². The van der Waals surface area contributed by atoms with E-state index in [1.807, 2.05) is 6.92 Å². The largest absolute Gasteiger partial charge is 0.394 e. The Bertz CT molecular complexity index is 481. The summed E-state index contributed by atoms with van der Waals surface area (Å²) in [5.41, 5.74) is 1.06. The van der Waals surface area contributed by atoms with Crippen molar-refractivity contribution in [1.82, 2.24) is 9.97 Å². The van der Waals surface area contributed by atoms with Crippen molar-refractivity contribution in [1.29, 1.82) is 0 Å². The maximum absolute atomic E-state index is 9.35. The molecule has 0 spiro atoms. The summed E-state index contributed by atoms with van der Waals surface area (Å²) in [7, 11) is 0. The van der Waals surface area contributed by atoms with E-state index < -0.39 is 0 Å². The molecule has 2 rings (SSSR count). The molecule has 0 aromatic carbocycles. The van der Waals surface area contributed by atoms with E-state index in [1.54, 1.807) is 0 Å². The van der Waals surface area contributed by atoms with Gasteiger partial charge < -0.3 is 20.1 Å². The average Bonchev–Trinajstić information content (AvgIpc) is 2.50. The number of hydrogen-bond donors (Lipinski definition) is 2. The monoisotopic (exact) mass is 294 g/mol. The summed E-state index contributed by atoms with van der Waals surface area (Å²) < 4.78 is 5.61. The first-order valence-corrected chi connectivity index (χ1v) is 7.71. The number of nitrogens with one attached hydrogen (secondary N) is 1. The number of nitrogens with zero attached hydrogens (tertiary/aromatic N) is 3. The van der Waals surface area contributed by atoms with Crippen molar-refractivity contribution in [2.75, 3.05) is 36.5 Å². The van der Waals surface area contributed by atoms with Gasteiger partial charge in [-0.15, -0.1) is 0 Å². The van der Waals surface area contributed by atoms with Crippen LogP contribution in [0.25, 0.3) is 0 Å². The lowest BCUT2D eigenvalue weighted by atomic mass is 10.1. The fourth-order valence-electron chi connectivity index (χ4n) is 2.55. The van der Waals surface area contributed by atoms with Gasteiger partial charge >= 0.3 is 0 Å². The summed E-state index contributed by atoms with van der Waals surface area (Å²) >= 11 is 0. The molecular weight excluding hydrogens is 268 g/mol. The molecule has 1 saturated heterocycles. The minimum atomic E-state index is -0.150. The van der Waals surface area contributed by atoms with Crippen LogP contribution in [-0.4, -0.2) is 53.5 Å². The summed E-state index contributed by atoms with van der Waals surface area (Å²) in [6, 6.07) is 0.237. The third-order valence-corrected chi connectivity index (χ3v) is 3.81. The summed E-state index contributed by atoms with van der Waals surface area (Å²) in [6.07, 6.45) is 0.650. The molecule has 1 fully saturated rings. The van der Waals surface area contributed by atoms with E-state index in [0.717, 1.165) is 36.0 Å². The number of aryl methyl sites for hydroxylation is 1.